The molecule has 0 radical (unpaired) electrons. The minimum absolute atomic E-state index is 0.191. The van der Waals surface area contributed by atoms with Gasteiger partial charge < -0.3 is 9.69 Å². The van der Waals surface area contributed by atoms with Gasteiger partial charge in [0, 0.05) is 36.9 Å². The first-order chi connectivity index (χ1) is 12.6. The summed E-state index contributed by atoms with van der Waals surface area (Å²) in [7, 11) is 0. The number of hydrogen-bond donors (Lipinski definition) is 1. The number of amides is 3. The van der Waals surface area contributed by atoms with Crippen LogP contribution in [0.3, 0.4) is 0 Å². The van der Waals surface area contributed by atoms with Crippen molar-refractivity contribution in [3.8, 4) is 11.8 Å². The molecule has 3 rings (SSSR count). The molecular formula is C20H20N2O4. The second kappa shape index (κ2) is 7.96. The van der Waals surface area contributed by atoms with Crippen LogP contribution in [-0.4, -0.2) is 34.9 Å². The fourth-order valence-corrected chi connectivity index (χ4v) is 3.24. The highest BCUT2D eigenvalue weighted by Gasteiger charge is 2.38. The highest BCUT2D eigenvalue weighted by atomic mass is 16.2. The highest BCUT2D eigenvalue weighted by molar-refractivity contribution is 6.05. The molecule has 0 bridgehead atoms. The fourth-order valence-electron chi connectivity index (χ4n) is 3.24. The van der Waals surface area contributed by atoms with Crippen LogP contribution in [0.5, 0.6) is 0 Å². The zero-order valence-electron chi connectivity index (χ0n) is 14.4. The fraction of sp³-hybridized carbons (Fsp3) is 0.400. The largest absolute Gasteiger partial charge is 0.322 e. The third kappa shape index (κ3) is 3.83. The van der Waals surface area contributed by atoms with Crippen LogP contribution in [0.15, 0.2) is 18.2 Å². The van der Waals surface area contributed by atoms with Crippen LogP contribution >= 0.6 is 0 Å². The number of unbranched alkanes of at least 4 members (excludes halogenated alkanes) is 3. The predicted octanol–water partition coefficient (Wildman–Crippen LogP) is 1.56. The Bertz CT molecular complexity index is 819. The summed E-state index contributed by atoms with van der Waals surface area (Å²) >= 11 is 0. The average molecular weight is 352 g/mol. The third-order valence-corrected chi connectivity index (χ3v) is 4.63. The molecule has 1 unspecified atom stereocenters. The van der Waals surface area contributed by atoms with Gasteiger partial charge in [-0.1, -0.05) is 17.9 Å². The molecule has 26 heavy (non-hydrogen) atoms. The van der Waals surface area contributed by atoms with E-state index in [4.69, 9.17) is 0 Å². The number of benzene rings is 1. The van der Waals surface area contributed by atoms with Crippen molar-refractivity contribution in [2.75, 3.05) is 0 Å². The van der Waals surface area contributed by atoms with Crippen LogP contribution in [0.25, 0.3) is 0 Å². The lowest BCUT2D eigenvalue weighted by atomic mass is 10.0. The number of imide groups is 1. The molecule has 3 amide bonds. The summed E-state index contributed by atoms with van der Waals surface area (Å²) in [4.78, 5) is 47.8. The van der Waals surface area contributed by atoms with E-state index in [9.17, 15) is 19.2 Å². The number of carbonyl (C=O) groups excluding carboxylic acids is 4. The van der Waals surface area contributed by atoms with Crippen LogP contribution in [0, 0.1) is 11.8 Å². The third-order valence-electron chi connectivity index (χ3n) is 4.63. The van der Waals surface area contributed by atoms with Gasteiger partial charge in [0.05, 0.1) is 0 Å². The zero-order valence-corrected chi connectivity index (χ0v) is 14.4. The Labute approximate surface area is 151 Å². The molecule has 1 fully saturated rings. The summed E-state index contributed by atoms with van der Waals surface area (Å²) in [6.45, 7) is 0.375. The molecule has 2 heterocycles. The number of aldehydes is 1. The SMILES string of the molecule is O=CCCCCC#Cc1ccc2c(c1)C(=O)N(C1CCC(=O)NC1=O)C2. The second-order valence-electron chi connectivity index (χ2n) is 6.49. The summed E-state index contributed by atoms with van der Waals surface area (Å²) < 4.78 is 0. The topological polar surface area (TPSA) is 83.6 Å². The summed E-state index contributed by atoms with van der Waals surface area (Å²) in [5, 5.41) is 2.30. The Kier molecular flexibility index (Phi) is 5.47. The van der Waals surface area contributed by atoms with Gasteiger partial charge in [0.1, 0.15) is 12.3 Å². The molecule has 6 heteroatoms. The number of fused-ring (bicyclic) bond motifs is 1. The van der Waals surface area contributed by atoms with E-state index in [-0.39, 0.29) is 18.2 Å². The molecule has 1 atom stereocenters. The first kappa shape index (κ1) is 17.9. The van der Waals surface area contributed by atoms with E-state index in [1.54, 1.807) is 6.07 Å². The van der Waals surface area contributed by atoms with Gasteiger partial charge in [-0.15, -0.1) is 0 Å². The maximum Gasteiger partial charge on any atom is 0.255 e. The van der Waals surface area contributed by atoms with E-state index in [0.29, 0.717) is 31.4 Å². The van der Waals surface area contributed by atoms with Crippen LogP contribution in [0.4, 0.5) is 0 Å². The summed E-state index contributed by atoms with van der Waals surface area (Å²) in [6.07, 6.45) is 4.50. The molecule has 6 nitrogen and oxygen atoms in total. The number of nitrogens with zero attached hydrogens (tertiary/aromatic N) is 1. The number of piperidine rings is 1. The molecule has 2 aliphatic heterocycles. The van der Waals surface area contributed by atoms with E-state index >= 15 is 0 Å². The maximum absolute atomic E-state index is 12.7. The first-order valence-corrected chi connectivity index (χ1v) is 8.80. The Morgan fingerprint density at radius 3 is 2.85 bits per heavy atom. The summed E-state index contributed by atoms with van der Waals surface area (Å²) in [6, 6.07) is 4.91. The zero-order chi connectivity index (χ0) is 18.5. The molecule has 1 saturated heterocycles. The van der Waals surface area contributed by atoms with Gasteiger partial charge in [-0.25, -0.2) is 0 Å². The summed E-state index contributed by atoms with van der Waals surface area (Å²) in [5.74, 6) is 5.22. The van der Waals surface area contributed by atoms with E-state index in [2.05, 4.69) is 17.2 Å². The van der Waals surface area contributed by atoms with Crippen molar-refractivity contribution in [3.05, 3.63) is 34.9 Å². The normalized spacial score (nSPS) is 18.8. The number of rotatable bonds is 5. The van der Waals surface area contributed by atoms with Gasteiger partial charge in [-0.05, 0) is 37.0 Å². The number of carbonyl (C=O) groups is 4. The predicted molar refractivity (Wildman–Crippen MR) is 93.9 cm³/mol. The van der Waals surface area contributed by atoms with E-state index in [1.807, 2.05) is 12.1 Å². The van der Waals surface area contributed by atoms with Gasteiger partial charge in [0.15, 0.2) is 0 Å². The van der Waals surface area contributed by atoms with Crippen LogP contribution < -0.4 is 5.32 Å². The lowest BCUT2D eigenvalue weighted by Gasteiger charge is -2.29. The molecule has 134 valence electrons. The Morgan fingerprint density at radius 1 is 1.23 bits per heavy atom. The van der Waals surface area contributed by atoms with Crippen molar-refractivity contribution in [2.24, 2.45) is 0 Å². The number of nitrogens with one attached hydrogen (secondary N) is 1. The van der Waals surface area contributed by atoms with E-state index in [0.717, 1.165) is 30.3 Å². The molecule has 1 N–H and O–H groups in total. The van der Waals surface area contributed by atoms with Gasteiger partial charge in [-0.3, -0.25) is 19.7 Å². The quantitative estimate of drug-likeness (QED) is 0.377. The molecule has 0 aromatic heterocycles. The minimum Gasteiger partial charge on any atom is -0.322 e. The van der Waals surface area contributed by atoms with Crippen LogP contribution in [0.1, 0.15) is 60.0 Å². The molecule has 0 spiro atoms. The molecule has 0 saturated carbocycles. The van der Waals surface area contributed by atoms with Gasteiger partial charge in [-0.2, -0.15) is 0 Å². The number of hydrogen-bond acceptors (Lipinski definition) is 4. The van der Waals surface area contributed by atoms with Crippen molar-refractivity contribution in [1.82, 2.24) is 10.2 Å². The maximum atomic E-state index is 12.7. The Balaban J connectivity index is 1.67. The first-order valence-electron chi connectivity index (χ1n) is 8.80. The molecule has 1 aromatic carbocycles. The van der Waals surface area contributed by atoms with Crippen molar-refractivity contribution >= 4 is 24.0 Å². The van der Waals surface area contributed by atoms with Crippen LogP contribution in [-0.2, 0) is 20.9 Å². The van der Waals surface area contributed by atoms with E-state index in [1.165, 1.54) is 4.90 Å². The highest BCUT2D eigenvalue weighted by Crippen LogP contribution is 2.28. The molecule has 1 aromatic rings. The van der Waals surface area contributed by atoms with Crippen LogP contribution in [0.2, 0.25) is 0 Å². The molecular weight excluding hydrogens is 332 g/mol. The Hall–Kier alpha value is -2.94. The van der Waals surface area contributed by atoms with Crippen molar-refractivity contribution < 1.29 is 19.2 Å². The average Bonchev–Trinajstić information content (AvgIpc) is 2.94. The monoisotopic (exact) mass is 352 g/mol. The molecule has 2 aliphatic rings. The van der Waals surface area contributed by atoms with E-state index < -0.39 is 11.9 Å². The van der Waals surface area contributed by atoms with Gasteiger partial charge >= 0.3 is 0 Å². The summed E-state index contributed by atoms with van der Waals surface area (Å²) in [5.41, 5.74) is 2.20. The molecule has 0 aliphatic carbocycles. The van der Waals surface area contributed by atoms with Crippen molar-refractivity contribution in [3.63, 3.8) is 0 Å². The smallest absolute Gasteiger partial charge is 0.255 e. The van der Waals surface area contributed by atoms with Gasteiger partial charge in [0.25, 0.3) is 5.91 Å². The second-order valence-corrected chi connectivity index (χ2v) is 6.49. The lowest BCUT2D eigenvalue weighted by molar-refractivity contribution is -0.136. The van der Waals surface area contributed by atoms with Crippen molar-refractivity contribution in [2.45, 2.75) is 51.1 Å². The standard InChI is InChI=1S/C20H20N2O4/c23-11-5-3-1-2-4-6-14-7-8-15-13-22(20(26)16(15)12-14)17-9-10-18(24)21-19(17)25/h7-8,11-12,17H,1-3,5,9-10,13H2,(H,21,24,25). The Morgan fingerprint density at radius 2 is 2.08 bits per heavy atom. The minimum atomic E-state index is -0.597. The van der Waals surface area contributed by atoms with Crippen molar-refractivity contribution in [1.29, 1.82) is 0 Å². The van der Waals surface area contributed by atoms with Gasteiger partial charge in [0.2, 0.25) is 11.8 Å². The lowest BCUT2D eigenvalue weighted by Crippen LogP contribution is -2.52.